The van der Waals surface area contributed by atoms with Crippen LogP contribution in [0.3, 0.4) is 0 Å². The molecule has 1 N–H and O–H groups in total. The van der Waals surface area contributed by atoms with Crippen molar-refractivity contribution in [3.63, 3.8) is 0 Å². The van der Waals surface area contributed by atoms with Gasteiger partial charge in [-0.05, 0) is 81.5 Å². The molecule has 7 unspecified atom stereocenters. The molecule has 0 spiro atoms. The summed E-state index contributed by atoms with van der Waals surface area (Å²) in [6.45, 7) is 5.63. The average Bonchev–Trinajstić information content (AvgIpc) is 2.88. The van der Waals surface area contributed by atoms with Crippen LogP contribution in [0, 0.1) is 28.6 Å². The van der Waals surface area contributed by atoms with Crippen LogP contribution in [0.1, 0.15) is 72.1 Å². The zero-order valence-electron chi connectivity index (χ0n) is 16.9. The second-order valence-electron chi connectivity index (χ2n) is 10.0. The predicted octanol–water partition coefficient (Wildman–Crippen LogP) is 3.11. The fraction of sp³-hybridized carbons (Fsp3) is 0.857. The highest BCUT2D eigenvalue weighted by Gasteiger charge is 2.67. The monoisotopic (exact) mass is 411 g/mol. The number of rotatable bonds is 3. The normalized spacial score (nSPS) is 48.2. The van der Waals surface area contributed by atoms with Crippen LogP contribution in [0.25, 0.3) is 0 Å². The topological polar surface area (TPSA) is 104 Å². The van der Waals surface area contributed by atoms with E-state index in [9.17, 15) is 22.9 Å². The van der Waals surface area contributed by atoms with Crippen molar-refractivity contribution in [3.05, 3.63) is 11.6 Å². The number of carbonyl (C=O) groups excluding carboxylic acids is 1. The molecule has 6 nitrogen and oxygen atoms in total. The molecule has 4 rings (SSSR count). The van der Waals surface area contributed by atoms with Gasteiger partial charge in [0.25, 0.3) is 0 Å². The van der Waals surface area contributed by atoms with Gasteiger partial charge in [0.15, 0.2) is 5.78 Å². The Morgan fingerprint density at radius 2 is 1.86 bits per heavy atom. The Labute approximate surface area is 167 Å². The highest BCUT2D eigenvalue weighted by atomic mass is 32.3. The van der Waals surface area contributed by atoms with Gasteiger partial charge < -0.3 is 9.66 Å². The molecule has 0 aromatic heterocycles. The zero-order valence-corrected chi connectivity index (χ0v) is 17.8. The van der Waals surface area contributed by atoms with Gasteiger partial charge in [-0.15, -0.1) is 0 Å². The Morgan fingerprint density at radius 3 is 2.50 bits per heavy atom. The molecule has 0 aromatic rings. The van der Waals surface area contributed by atoms with Crippen molar-refractivity contribution >= 4 is 16.2 Å². The lowest BCUT2D eigenvalue weighted by molar-refractivity contribution is -0.153. The minimum Gasteiger partial charge on any atom is -0.725 e. The fourth-order valence-corrected chi connectivity index (χ4v) is 8.33. The van der Waals surface area contributed by atoms with E-state index < -0.39 is 21.4 Å². The van der Waals surface area contributed by atoms with E-state index in [-0.39, 0.29) is 23.2 Å². The molecule has 0 aliphatic heterocycles. The minimum absolute atomic E-state index is 0.0659. The van der Waals surface area contributed by atoms with Gasteiger partial charge in [-0.25, -0.2) is 8.42 Å². The van der Waals surface area contributed by atoms with E-state index in [0.29, 0.717) is 31.1 Å². The van der Waals surface area contributed by atoms with Crippen LogP contribution in [0.4, 0.5) is 0 Å². The average molecular weight is 412 g/mol. The van der Waals surface area contributed by atoms with Crippen molar-refractivity contribution in [2.75, 3.05) is 0 Å². The van der Waals surface area contributed by atoms with Gasteiger partial charge >= 0.3 is 0 Å². The van der Waals surface area contributed by atoms with Crippen LogP contribution >= 0.6 is 0 Å². The van der Waals surface area contributed by atoms with E-state index in [4.69, 9.17) is 4.18 Å². The van der Waals surface area contributed by atoms with Crippen molar-refractivity contribution in [1.29, 1.82) is 0 Å². The maximum atomic E-state index is 12.6. The largest absolute Gasteiger partial charge is 0.725 e. The summed E-state index contributed by atoms with van der Waals surface area (Å²) in [5.74, 6) is 0.611. The standard InChI is InChI=1S/C21H32O6S/c1-13(22)21(27-28(24,25)26)11-8-18-16-5-4-14-12-15(23)6-9-19(14,2)17(16)7-10-20(18,21)3/h4,15-18,23H,5-12H2,1-3H3,(H,24,25,26)/p-1. The molecule has 158 valence electrons. The molecule has 7 atom stereocenters. The predicted molar refractivity (Wildman–Crippen MR) is 102 cm³/mol. The lowest BCUT2D eigenvalue weighted by atomic mass is 9.47. The Morgan fingerprint density at radius 1 is 1.18 bits per heavy atom. The Kier molecular flexibility index (Phi) is 4.66. The first kappa shape index (κ1) is 20.5. The Bertz CT molecular complexity index is 819. The molecule has 0 aromatic carbocycles. The fourth-order valence-electron chi connectivity index (χ4n) is 7.59. The zero-order chi connectivity index (χ0) is 20.5. The van der Waals surface area contributed by atoms with Gasteiger partial charge in [-0.3, -0.25) is 8.98 Å². The third-order valence-corrected chi connectivity index (χ3v) is 9.50. The van der Waals surface area contributed by atoms with E-state index in [1.807, 2.05) is 6.92 Å². The molecule has 4 aliphatic rings. The number of ketones is 1. The first-order valence-electron chi connectivity index (χ1n) is 10.5. The third kappa shape index (κ3) is 2.76. The molecular weight excluding hydrogens is 380 g/mol. The maximum Gasteiger partial charge on any atom is 0.218 e. The maximum absolute atomic E-state index is 12.6. The Hall–Kier alpha value is -0.760. The first-order valence-corrected chi connectivity index (χ1v) is 11.8. The van der Waals surface area contributed by atoms with Gasteiger partial charge in [0.1, 0.15) is 5.60 Å². The molecule has 7 heteroatoms. The number of fused-ring (bicyclic) bond motifs is 5. The quantitative estimate of drug-likeness (QED) is 0.435. The third-order valence-electron chi connectivity index (χ3n) is 9.01. The van der Waals surface area contributed by atoms with Crippen molar-refractivity contribution in [2.45, 2.75) is 83.8 Å². The van der Waals surface area contributed by atoms with Crippen LogP contribution in [-0.2, 0) is 19.4 Å². The second kappa shape index (κ2) is 6.37. The van der Waals surface area contributed by atoms with Crippen molar-refractivity contribution in [1.82, 2.24) is 0 Å². The highest BCUT2D eigenvalue weighted by Crippen LogP contribution is 2.68. The summed E-state index contributed by atoms with van der Waals surface area (Å²) >= 11 is 0. The number of hydrogen-bond acceptors (Lipinski definition) is 6. The number of aliphatic hydroxyl groups excluding tert-OH is 1. The lowest BCUT2D eigenvalue weighted by Crippen LogP contribution is -2.58. The summed E-state index contributed by atoms with van der Waals surface area (Å²) in [6.07, 6.45) is 8.01. The smallest absolute Gasteiger partial charge is 0.218 e. The van der Waals surface area contributed by atoms with Gasteiger partial charge in [0, 0.05) is 5.41 Å². The number of aliphatic hydroxyl groups is 1. The molecule has 3 saturated carbocycles. The number of carbonyl (C=O) groups is 1. The van der Waals surface area contributed by atoms with E-state index in [0.717, 1.165) is 32.1 Å². The van der Waals surface area contributed by atoms with Gasteiger partial charge in [0.05, 0.1) is 6.10 Å². The summed E-state index contributed by atoms with van der Waals surface area (Å²) in [6, 6.07) is 0. The van der Waals surface area contributed by atoms with Crippen LogP contribution in [0.2, 0.25) is 0 Å². The minimum atomic E-state index is -4.98. The molecule has 0 amide bonds. The van der Waals surface area contributed by atoms with Crippen LogP contribution in [0.5, 0.6) is 0 Å². The van der Waals surface area contributed by atoms with Gasteiger partial charge in [-0.1, -0.05) is 25.5 Å². The molecule has 4 aliphatic carbocycles. The van der Waals surface area contributed by atoms with E-state index >= 15 is 0 Å². The number of allylic oxidation sites excluding steroid dienone is 1. The van der Waals surface area contributed by atoms with E-state index in [1.165, 1.54) is 12.5 Å². The van der Waals surface area contributed by atoms with Crippen LogP contribution in [0.15, 0.2) is 11.6 Å². The first-order chi connectivity index (χ1) is 12.9. The Balaban J connectivity index is 1.71. The molecule has 0 saturated heterocycles. The van der Waals surface area contributed by atoms with Crippen molar-refractivity contribution in [3.8, 4) is 0 Å². The molecular formula is C21H31O6S-. The molecule has 0 radical (unpaired) electrons. The summed E-state index contributed by atoms with van der Waals surface area (Å²) < 4.78 is 39.6. The molecule has 3 fully saturated rings. The van der Waals surface area contributed by atoms with E-state index in [2.05, 4.69) is 13.0 Å². The SMILES string of the molecule is CC(=O)C1(OS(=O)(=O)[O-])CCC2C3CC=C4CC(O)CCC4(C)C3CCC21C. The highest BCUT2D eigenvalue weighted by molar-refractivity contribution is 7.80. The molecule has 0 bridgehead atoms. The van der Waals surface area contributed by atoms with Crippen LogP contribution < -0.4 is 0 Å². The molecule has 28 heavy (non-hydrogen) atoms. The molecule has 0 heterocycles. The van der Waals surface area contributed by atoms with E-state index in [1.54, 1.807) is 0 Å². The summed E-state index contributed by atoms with van der Waals surface area (Å²) in [7, 11) is -4.98. The van der Waals surface area contributed by atoms with Crippen molar-refractivity contribution in [2.24, 2.45) is 28.6 Å². The summed E-state index contributed by atoms with van der Waals surface area (Å²) in [5.41, 5.74) is -0.744. The summed E-state index contributed by atoms with van der Waals surface area (Å²) in [4.78, 5) is 12.6. The van der Waals surface area contributed by atoms with Crippen molar-refractivity contribution < 1.29 is 27.1 Å². The van der Waals surface area contributed by atoms with Crippen LogP contribution in [-0.4, -0.2) is 35.6 Å². The van der Waals surface area contributed by atoms with Gasteiger partial charge in [0.2, 0.25) is 10.4 Å². The number of Topliss-reactive ketones (excluding diaryl/α,β-unsaturated/α-hetero) is 1. The van der Waals surface area contributed by atoms with Gasteiger partial charge in [-0.2, -0.15) is 0 Å². The second-order valence-corrected chi connectivity index (χ2v) is 11.0. The lowest BCUT2D eigenvalue weighted by Gasteiger charge is -2.59. The summed E-state index contributed by atoms with van der Waals surface area (Å²) in [5, 5.41) is 10.1. The number of hydrogen-bond donors (Lipinski definition) is 1.